The van der Waals surface area contributed by atoms with Gasteiger partial charge in [-0.25, -0.2) is 9.37 Å². The van der Waals surface area contributed by atoms with Gasteiger partial charge in [-0.15, -0.1) is 0 Å². The van der Waals surface area contributed by atoms with E-state index in [2.05, 4.69) is 32.4 Å². The number of pyridine rings is 1. The number of imidazole rings is 1. The van der Waals surface area contributed by atoms with E-state index in [-0.39, 0.29) is 5.82 Å². The molecule has 4 aromatic rings. The first-order valence-electron chi connectivity index (χ1n) is 8.66. The molecule has 5 nitrogen and oxygen atoms in total. The van der Waals surface area contributed by atoms with Crippen LogP contribution in [0.5, 0.6) is 5.88 Å². The molecule has 0 aliphatic heterocycles. The summed E-state index contributed by atoms with van der Waals surface area (Å²) < 4.78 is 18.1. The Morgan fingerprint density at radius 3 is 2.41 bits per heavy atom. The van der Waals surface area contributed by atoms with Crippen LogP contribution in [0.15, 0.2) is 60.7 Å². The number of methoxy groups -OCH3 is 1. The third-order valence-electron chi connectivity index (χ3n) is 4.31. The number of fused-ring (bicyclic) bond motifs is 1. The average molecular weight is 362 g/mol. The van der Waals surface area contributed by atoms with Gasteiger partial charge in [0.2, 0.25) is 5.88 Å². The summed E-state index contributed by atoms with van der Waals surface area (Å²) in [6.45, 7) is 0.650. The molecule has 0 unspecified atom stereocenters. The predicted octanol–water partition coefficient (Wildman–Crippen LogP) is 4.31. The van der Waals surface area contributed by atoms with Crippen molar-refractivity contribution in [2.75, 3.05) is 12.4 Å². The maximum Gasteiger partial charge on any atom is 0.215 e. The van der Waals surface area contributed by atoms with Crippen molar-refractivity contribution in [1.82, 2.24) is 15.0 Å². The molecule has 136 valence electrons. The molecule has 0 radical (unpaired) electrons. The van der Waals surface area contributed by atoms with Crippen LogP contribution >= 0.6 is 0 Å². The lowest BCUT2D eigenvalue weighted by Crippen LogP contribution is -1.99. The number of hydrogen-bond donors (Lipinski definition) is 2. The maximum absolute atomic E-state index is 12.9. The Morgan fingerprint density at radius 2 is 1.67 bits per heavy atom. The van der Waals surface area contributed by atoms with Crippen molar-refractivity contribution >= 4 is 16.9 Å². The number of nitrogens with one attached hydrogen (secondary N) is 2. The first-order chi connectivity index (χ1) is 13.2. The average Bonchev–Trinajstić information content (AvgIpc) is 3.10. The van der Waals surface area contributed by atoms with Gasteiger partial charge < -0.3 is 15.0 Å². The highest BCUT2D eigenvalue weighted by Crippen LogP contribution is 2.17. The summed E-state index contributed by atoms with van der Waals surface area (Å²) >= 11 is 0. The van der Waals surface area contributed by atoms with Gasteiger partial charge in [0.1, 0.15) is 11.6 Å². The lowest BCUT2D eigenvalue weighted by atomic mass is 10.1. The molecule has 0 aliphatic rings. The lowest BCUT2D eigenvalue weighted by Gasteiger charge is -2.07. The van der Waals surface area contributed by atoms with E-state index in [4.69, 9.17) is 4.74 Å². The normalized spacial score (nSPS) is 10.9. The molecule has 0 bridgehead atoms. The largest absolute Gasteiger partial charge is 0.481 e. The van der Waals surface area contributed by atoms with Gasteiger partial charge in [0.15, 0.2) is 5.65 Å². The lowest BCUT2D eigenvalue weighted by molar-refractivity contribution is 0.399. The molecule has 0 atom stereocenters. The summed E-state index contributed by atoms with van der Waals surface area (Å²) in [6, 6.07) is 18.4. The van der Waals surface area contributed by atoms with E-state index in [1.54, 1.807) is 19.2 Å². The second kappa shape index (κ2) is 7.45. The van der Waals surface area contributed by atoms with Crippen molar-refractivity contribution in [3.8, 4) is 5.88 Å². The fraction of sp³-hybridized carbons (Fsp3) is 0.143. The Balaban J connectivity index is 1.40. The summed E-state index contributed by atoms with van der Waals surface area (Å²) in [6.07, 6.45) is 0.691. The summed E-state index contributed by atoms with van der Waals surface area (Å²) in [7, 11) is 1.59. The van der Waals surface area contributed by atoms with Gasteiger partial charge in [-0.2, -0.15) is 4.98 Å². The molecule has 2 aromatic carbocycles. The van der Waals surface area contributed by atoms with Gasteiger partial charge in [0.25, 0.3) is 0 Å². The standard InChI is InChI=1S/C21H19FN4O/c1-27-20-11-10-18-21(26-20)25-19(24-18)12-14-4-8-17(9-5-14)23-13-15-2-6-16(22)7-3-15/h2-11,23H,12-13H2,1H3,(H,24,25,26). The summed E-state index contributed by atoms with van der Waals surface area (Å²) in [4.78, 5) is 12.1. The molecule has 0 fully saturated rings. The van der Waals surface area contributed by atoms with Crippen molar-refractivity contribution in [3.05, 3.63) is 83.4 Å². The zero-order chi connectivity index (χ0) is 18.6. The zero-order valence-corrected chi connectivity index (χ0v) is 14.9. The van der Waals surface area contributed by atoms with E-state index < -0.39 is 0 Å². The number of anilines is 1. The molecule has 0 spiro atoms. The number of rotatable bonds is 6. The second-order valence-electron chi connectivity index (χ2n) is 6.26. The molecule has 0 saturated carbocycles. The van der Waals surface area contributed by atoms with Crippen LogP contribution in [0.3, 0.4) is 0 Å². The molecule has 4 rings (SSSR count). The molecule has 0 amide bonds. The Morgan fingerprint density at radius 1 is 0.926 bits per heavy atom. The van der Waals surface area contributed by atoms with Crippen LogP contribution in [0.1, 0.15) is 17.0 Å². The molecule has 0 saturated heterocycles. The highest BCUT2D eigenvalue weighted by molar-refractivity contribution is 5.71. The number of hydrogen-bond acceptors (Lipinski definition) is 4. The topological polar surface area (TPSA) is 62.8 Å². The van der Waals surface area contributed by atoms with Gasteiger partial charge in [-0.05, 0) is 41.5 Å². The number of nitrogens with zero attached hydrogens (tertiary/aromatic N) is 2. The zero-order valence-electron chi connectivity index (χ0n) is 14.9. The van der Waals surface area contributed by atoms with Crippen LogP contribution < -0.4 is 10.1 Å². The van der Waals surface area contributed by atoms with Gasteiger partial charge in [0.05, 0.1) is 12.6 Å². The van der Waals surface area contributed by atoms with Crippen LogP contribution in [0.25, 0.3) is 11.2 Å². The first-order valence-corrected chi connectivity index (χ1v) is 8.66. The van der Waals surface area contributed by atoms with Crippen LogP contribution in [-0.4, -0.2) is 22.1 Å². The Bertz CT molecular complexity index is 1040. The number of aromatic amines is 1. The highest BCUT2D eigenvalue weighted by atomic mass is 19.1. The quantitative estimate of drug-likeness (QED) is 0.537. The SMILES string of the molecule is COc1ccc2[nH]c(Cc3ccc(NCc4ccc(F)cc4)cc3)nc2n1. The van der Waals surface area contributed by atoms with E-state index >= 15 is 0 Å². The Labute approximate surface area is 156 Å². The molecule has 6 heteroatoms. The minimum absolute atomic E-state index is 0.220. The third-order valence-corrected chi connectivity index (χ3v) is 4.31. The number of ether oxygens (including phenoxy) is 1. The van der Waals surface area contributed by atoms with Gasteiger partial charge in [0, 0.05) is 24.7 Å². The molecule has 27 heavy (non-hydrogen) atoms. The fourth-order valence-corrected chi connectivity index (χ4v) is 2.86. The number of aromatic nitrogens is 3. The molecule has 2 N–H and O–H groups in total. The van der Waals surface area contributed by atoms with E-state index in [0.717, 1.165) is 28.2 Å². The summed E-state index contributed by atoms with van der Waals surface area (Å²) in [5.41, 5.74) is 4.74. The van der Waals surface area contributed by atoms with Crippen molar-refractivity contribution in [2.45, 2.75) is 13.0 Å². The van der Waals surface area contributed by atoms with Crippen LogP contribution in [0.2, 0.25) is 0 Å². The van der Waals surface area contributed by atoms with E-state index in [1.165, 1.54) is 12.1 Å². The molecular weight excluding hydrogens is 343 g/mol. The highest BCUT2D eigenvalue weighted by Gasteiger charge is 2.06. The molecule has 0 aliphatic carbocycles. The maximum atomic E-state index is 12.9. The minimum Gasteiger partial charge on any atom is -0.481 e. The first kappa shape index (κ1) is 17.0. The van der Waals surface area contributed by atoms with Crippen LogP contribution in [0.4, 0.5) is 10.1 Å². The second-order valence-corrected chi connectivity index (χ2v) is 6.26. The number of halogens is 1. The molecule has 2 heterocycles. The van der Waals surface area contributed by atoms with Gasteiger partial charge in [-0.1, -0.05) is 24.3 Å². The summed E-state index contributed by atoms with van der Waals surface area (Å²) in [5, 5.41) is 3.34. The molecule has 2 aromatic heterocycles. The van der Waals surface area contributed by atoms with E-state index in [1.807, 2.05) is 24.3 Å². The van der Waals surface area contributed by atoms with Crippen LogP contribution in [0, 0.1) is 5.82 Å². The van der Waals surface area contributed by atoms with E-state index in [0.29, 0.717) is 24.5 Å². The van der Waals surface area contributed by atoms with Gasteiger partial charge in [-0.3, -0.25) is 0 Å². The Kier molecular flexibility index (Phi) is 4.70. The van der Waals surface area contributed by atoms with E-state index in [9.17, 15) is 4.39 Å². The number of benzene rings is 2. The fourth-order valence-electron chi connectivity index (χ4n) is 2.86. The van der Waals surface area contributed by atoms with Gasteiger partial charge >= 0.3 is 0 Å². The minimum atomic E-state index is -0.220. The monoisotopic (exact) mass is 362 g/mol. The Hall–Kier alpha value is -3.41. The number of H-pyrrole nitrogens is 1. The third kappa shape index (κ3) is 4.06. The van der Waals surface area contributed by atoms with Crippen molar-refractivity contribution in [2.24, 2.45) is 0 Å². The van der Waals surface area contributed by atoms with Crippen LogP contribution in [-0.2, 0) is 13.0 Å². The van der Waals surface area contributed by atoms with Crippen molar-refractivity contribution < 1.29 is 9.13 Å². The van der Waals surface area contributed by atoms with Crippen molar-refractivity contribution in [1.29, 1.82) is 0 Å². The smallest absolute Gasteiger partial charge is 0.215 e. The molecular formula is C21H19FN4O. The predicted molar refractivity (Wildman–Crippen MR) is 103 cm³/mol. The summed E-state index contributed by atoms with van der Waals surface area (Å²) in [5.74, 6) is 1.19. The van der Waals surface area contributed by atoms with Crippen molar-refractivity contribution in [3.63, 3.8) is 0 Å².